The van der Waals surface area contributed by atoms with Crippen LogP contribution in [0.4, 0.5) is 5.13 Å². The van der Waals surface area contributed by atoms with Gasteiger partial charge in [-0.2, -0.15) is 9.36 Å². The van der Waals surface area contributed by atoms with Gasteiger partial charge in [0, 0.05) is 43.1 Å². The van der Waals surface area contributed by atoms with Gasteiger partial charge in [-0.25, -0.2) is 4.57 Å². The van der Waals surface area contributed by atoms with Crippen LogP contribution in [0.25, 0.3) is 5.65 Å². The third kappa shape index (κ3) is 5.28. The highest BCUT2D eigenvalue weighted by Gasteiger charge is 2.53. The summed E-state index contributed by atoms with van der Waals surface area (Å²) in [5.41, 5.74) is 6.25. The molecular formula is C22H22N10O7S2. The molecule has 5 rings (SSSR count). The summed E-state index contributed by atoms with van der Waals surface area (Å²) in [6, 6.07) is 2.17. The quantitative estimate of drug-likeness (QED) is 0.0523. The number of carbonyl (C=O) groups is 4. The number of nitrogen functional groups attached to an aromatic ring is 1. The van der Waals surface area contributed by atoms with E-state index in [2.05, 4.69) is 30.2 Å². The molecule has 0 unspecified atom stereocenters. The largest absolute Gasteiger partial charge is 0.543 e. The minimum atomic E-state index is -1.52. The van der Waals surface area contributed by atoms with Gasteiger partial charge in [-0.05, 0) is 6.07 Å². The van der Waals surface area contributed by atoms with E-state index < -0.39 is 29.2 Å². The molecular weight excluding hydrogens is 580 g/mol. The SMILES string of the molecule is CNC(=O)c1ccc2n(cc[n+]2CC2=C(C(=O)[O-])N3C(=O)[C@@H](NC(=O)/C(=N\OCOC)c4nsc(N)n4)[C@H]3SC2)n1. The second-order valence-corrected chi connectivity index (χ2v) is 10.4. The Bertz CT molecular complexity index is 1620. The summed E-state index contributed by atoms with van der Waals surface area (Å²) < 4.78 is 11.9. The van der Waals surface area contributed by atoms with Crippen molar-refractivity contribution in [3.63, 3.8) is 0 Å². The Labute approximate surface area is 239 Å². The molecule has 4 N–H and O–H groups in total. The predicted octanol–water partition coefficient (Wildman–Crippen LogP) is -3.16. The van der Waals surface area contributed by atoms with Gasteiger partial charge < -0.3 is 35.8 Å². The van der Waals surface area contributed by atoms with E-state index in [9.17, 15) is 24.3 Å². The van der Waals surface area contributed by atoms with Crippen LogP contribution in [0.5, 0.6) is 0 Å². The number of oxime groups is 1. The van der Waals surface area contributed by atoms with Crippen molar-refractivity contribution in [3.05, 3.63) is 47.3 Å². The van der Waals surface area contributed by atoms with Crippen LogP contribution in [0.2, 0.25) is 0 Å². The first-order valence-corrected chi connectivity index (χ1v) is 13.6. The van der Waals surface area contributed by atoms with Gasteiger partial charge in [0.05, 0.1) is 11.7 Å². The third-order valence-electron chi connectivity index (χ3n) is 6.07. The lowest BCUT2D eigenvalue weighted by atomic mass is 10.0. The minimum Gasteiger partial charge on any atom is -0.543 e. The predicted molar refractivity (Wildman–Crippen MR) is 140 cm³/mol. The third-order valence-corrected chi connectivity index (χ3v) is 7.95. The molecule has 2 aliphatic heterocycles. The molecule has 41 heavy (non-hydrogen) atoms. The Morgan fingerprint density at radius 2 is 2.15 bits per heavy atom. The van der Waals surface area contributed by atoms with Crippen molar-refractivity contribution >= 4 is 63.5 Å². The van der Waals surface area contributed by atoms with Crippen molar-refractivity contribution in [2.24, 2.45) is 5.16 Å². The molecule has 19 heteroatoms. The maximum absolute atomic E-state index is 13.1. The highest BCUT2D eigenvalue weighted by molar-refractivity contribution is 8.00. The standard InChI is InChI=1S/C22H22N10O7S2/c1-24-17(33)11-3-4-12-30(5-6-31(12)27-11)7-10-8-40-20-14(19(35)32(20)15(10)21(36)37)25-18(34)13(28-39-9-38-2)16-26-22(23)41-29-16/h3-6,14,20H,7-9H2,1-2H3,(H4-,23,24,25,26,29,33,34,36,37)/b28-13-/t14-,20-/m1/s1. The van der Waals surface area contributed by atoms with E-state index in [1.807, 2.05) is 0 Å². The number of ether oxygens (including phenoxy) is 1. The van der Waals surface area contributed by atoms with Gasteiger partial charge in [-0.1, -0.05) is 10.3 Å². The van der Waals surface area contributed by atoms with Crippen molar-refractivity contribution < 1.29 is 38.4 Å². The van der Waals surface area contributed by atoms with Crippen LogP contribution in [0.1, 0.15) is 16.3 Å². The topological polar surface area (TPSA) is 222 Å². The van der Waals surface area contributed by atoms with Crippen molar-refractivity contribution in [1.82, 2.24) is 34.5 Å². The Hall–Kier alpha value is -4.62. The van der Waals surface area contributed by atoms with Gasteiger partial charge in [0.2, 0.25) is 18.3 Å². The number of aromatic nitrogens is 5. The van der Waals surface area contributed by atoms with Crippen LogP contribution in [-0.4, -0.2) is 91.4 Å². The van der Waals surface area contributed by atoms with Gasteiger partial charge in [0.15, 0.2) is 17.0 Å². The zero-order valence-electron chi connectivity index (χ0n) is 21.5. The van der Waals surface area contributed by atoms with Crippen LogP contribution in [-0.2, 0) is 30.5 Å². The van der Waals surface area contributed by atoms with Gasteiger partial charge in [-0.3, -0.25) is 19.3 Å². The zero-order chi connectivity index (χ0) is 29.3. The van der Waals surface area contributed by atoms with E-state index >= 15 is 0 Å². The number of nitrogens with one attached hydrogen (secondary N) is 2. The monoisotopic (exact) mass is 602 g/mol. The van der Waals surface area contributed by atoms with Gasteiger partial charge in [-0.15, -0.1) is 16.3 Å². The molecule has 1 fully saturated rings. The number of fused-ring (bicyclic) bond motifs is 2. The second-order valence-electron chi connectivity index (χ2n) is 8.56. The molecule has 0 bridgehead atoms. The number of nitrogens with two attached hydrogens (primary N) is 1. The number of nitrogens with zero attached hydrogens (tertiary/aromatic N) is 7. The lowest BCUT2D eigenvalue weighted by Crippen LogP contribution is -2.71. The van der Waals surface area contributed by atoms with Crippen LogP contribution >= 0.6 is 23.3 Å². The number of aliphatic carboxylic acids is 1. The summed E-state index contributed by atoms with van der Waals surface area (Å²) in [5, 5.41) is 24.6. The van der Waals surface area contributed by atoms with E-state index in [1.165, 1.54) is 30.4 Å². The highest BCUT2D eigenvalue weighted by Crippen LogP contribution is 2.40. The smallest absolute Gasteiger partial charge is 0.307 e. The van der Waals surface area contributed by atoms with Gasteiger partial charge in [0.1, 0.15) is 24.2 Å². The van der Waals surface area contributed by atoms with E-state index in [4.69, 9.17) is 15.3 Å². The van der Waals surface area contributed by atoms with Crippen LogP contribution < -0.4 is 26.0 Å². The molecule has 0 saturated carbocycles. The molecule has 1 saturated heterocycles. The Balaban J connectivity index is 1.35. The maximum atomic E-state index is 13.1. The summed E-state index contributed by atoms with van der Waals surface area (Å²) in [6.45, 7) is -0.139. The number of thioether (sulfide) groups is 1. The molecule has 17 nitrogen and oxygen atoms in total. The van der Waals surface area contributed by atoms with E-state index in [0.717, 1.165) is 16.4 Å². The number of carboxylic acid groups (broad SMARTS) is 1. The number of β-lactam (4-membered cyclic amide) rings is 1. The van der Waals surface area contributed by atoms with E-state index in [0.29, 0.717) is 11.2 Å². The number of hydrogen-bond donors (Lipinski definition) is 3. The summed E-state index contributed by atoms with van der Waals surface area (Å²) >= 11 is 2.12. The Morgan fingerprint density at radius 1 is 1.34 bits per heavy atom. The summed E-state index contributed by atoms with van der Waals surface area (Å²) in [7, 11) is 2.86. The average Bonchev–Trinajstić information content (AvgIpc) is 3.58. The first kappa shape index (κ1) is 27.9. The highest BCUT2D eigenvalue weighted by atomic mass is 32.2. The number of carboxylic acids is 1. The normalized spacial score (nSPS) is 18.6. The zero-order valence-corrected chi connectivity index (χ0v) is 23.1. The fraction of sp³-hybridized carbons (Fsp3) is 0.318. The number of rotatable bonds is 10. The number of imidazole rings is 1. The van der Waals surface area contributed by atoms with Crippen LogP contribution in [0.15, 0.2) is 41.0 Å². The summed E-state index contributed by atoms with van der Waals surface area (Å²) in [6.07, 6.45) is 3.31. The van der Waals surface area contributed by atoms with E-state index in [1.54, 1.807) is 29.1 Å². The first-order valence-electron chi connectivity index (χ1n) is 11.8. The number of carbonyl (C=O) groups excluding carboxylic acids is 4. The molecule has 214 valence electrons. The van der Waals surface area contributed by atoms with Crippen molar-refractivity contribution in [3.8, 4) is 0 Å². The van der Waals surface area contributed by atoms with Gasteiger partial charge in [0.25, 0.3) is 17.7 Å². The molecule has 0 aliphatic carbocycles. The second kappa shape index (κ2) is 11.5. The first-order chi connectivity index (χ1) is 19.7. The molecule has 0 spiro atoms. The molecule has 2 atom stereocenters. The fourth-order valence-electron chi connectivity index (χ4n) is 4.24. The van der Waals surface area contributed by atoms with Crippen molar-refractivity contribution in [2.45, 2.75) is 18.0 Å². The lowest BCUT2D eigenvalue weighted by Gasteiger charge is -2.50. The van der Waals surface area contributed by atoms with Crippen LogP contribution in [0.3, 0.4) is 0 Å². The van der Waals surface area contributed by atoms with Crippen molar-refractivity contribution in [1.29, 1.82) is 0 Å². The molecule has 3 amide bonds. The number of amides is 3. The average molecular weight is 603 g/mol. The summed E-state index contributed by atoms with van der Waals surface area (Å²) in [5.74, 6) is -3.20. The summed E-state index contributed by atoms with van der Waals surface area (Å²) in [4.78, 5) is 60.2. The number of anilines is 1. The Kier molecular flexibility index (Phi) is 7.81. The fourth-order valence-corrected chi connectivity index (χ4v) is 6.01. The van der Waals surface area contributed by atoms with Crippen molar-refractivity contribution in [2.75, 3.05) is 32.4 Å². The van der Waals surface area contributed by atoms with Crippen LogP contribution in [0, 0.1) is 0 Å². The number of hydrogen-bond acceptors (Lipinski definition) is 14. The lowest BCUT2D eigenvalue weighted by molar-refractivity contribution is -0.662. The Morgan fingerprint density at radius 3 is 2.83 bits per heavy atom. The maximum Gasteiger partial charge on any atom is 0.307 e. The number of methoxy groups -OCH3 is 1. The molecule has 2 aliphatic rings. The molecule has 3 aromatic heterocycles. The molecule has 0 radical (unpaired) electrons. The minimum absolute atomic E-state index is 0.0915. The van der Waals surface area contributed by atoms with Gasteiger partial charge >= 0.3 is 5.65 Å². The molecule has 5 heterocycles. The molecule has 3 aromatic rings. The van der Waals surface area contributed by atoms with E-state index in [-0.39, 0.29) is 53.1 Å². The molecule has 0 aromatic carbocycles.